The number of amides is 2. The maximum atomic E-state index is 12.6. The smallest absolute Gasteiger partial charge is 0.265 e. The molecule has 1 fully saturated rings. The van der Waals surface area contributed by atoms with Gasteiger partial charge in [-0.3, -0.25) is 28.8 Å². The summed E-state index contributed by atoms with van der Waals surface area (Å²) in [5.74, 6) is -1.51. The molecule has 29 heavy (non-hydrogen) atoms. The van der Waals surface area contributed by atoms with E-state index in [1.54, 1.807) is 27.7 Å². The highest BCUT2D eigenvalue weighted by Gasteiger charge is 2.37. The highest BCUT2D eigenvalue weighted by Crippen LogP contribution is 2.18. The maximum Gasteiger partial charge on any atom is 0.265 e. The van der Waals surface area contributed by atoms with Crippen molar-refractivity contribution in [3.8, 4) is 5.88 Å². The number of likely N-dealkylation sites (N-methyl/N-ethyl adjacent to an activating group) is 2. The van der Waals surface area contributed by atoms with Crippen LogP contribution in [0.3, 0.4) is 0 Å². The van der Waals surface area contributed by atoms with Crippen LogP contribution in [0, 0.1) is 4.77 Å². The van der Waals surface area contributed by atoms with Crippen molar-refractivity contribution in [3.63, 3.8) is 0 Å². The molecular formula is C19H23N4O4S2-. The minimum absolute atomic E-state index is 0.0786. The summed E-state index contributed by atoms with van der Waals surface area (Å²) in [5.41, 5.74) is -0.662. The largest absolute Gasteiger partial charge is 0.859 e. The Kier molecular flexibility index (Phi) is 7.26. The molecule has 8 nitrogen and oxygen atoms in total. The first-order valence-electron chi connectivity index (χ1n) is 9.35. The third kappa shape index (κ3) is 3.95. The average molecular weight is 436 g/mol. The van der Waals surface area contributed by atoms with Crippen LogP contribution in [0.2, 0.25) is 0 Å². The fraction of sp³-hybridized carbons (Fsp3) is 0.421. The van der Waals surface area contributed by atoms with Gasteiger partial charge in [-0.15, -0.1) is 0 Å². The zero-order chi connectivity index (χ0) is 21.9. The van der Waals surface area contributed by atoms with E-state index in [4.69, 9.17) is 24.4 Å². The van der Waals surface area contributed by atoms with Crippen LogP contribution < -0.4 is 10.7 Å². The summed E-state index contributed by atoms with van der Waals surface area (Å²) in [6.45, 7) is 8.35. The van der Waals surface area contributed by atoms with Gasteiger partial charge in [0.15, 0.2) is 9.88 Å². The Bertz CT molecular complexity index is 1010. The highest BCUT2D eigenvalue weighted by atomic mass is 32.1. The minimum atomic E-state index is -0.505. The van der Waals surface area contributed by atoms with Crippen molar-refractivity contribution in [1.82, 2.24) is 18.9 Å². The van der Waals surface area contributed by atoms with Crippen LogP contribution in [-0.4, -0.2) is 49.0 Å². The van der Waals surface area contributed by atoms with Crippen LogP contribution in [0.1, 0.15) is 33.3 Å². The van der Waals surface area contributed by atoms with E-state index in [2.05, 4.69) is 0 Å². The summed E-state index contributed by atoms with van der Waals surface area (Å²) in [6, 6.07) is 0. The molecule has 0 spiro atoms. The first-order chi connectivity index (χ1) is 13.7. The van der Waals surface area contributed by atoms with Crippen molar-refractivity contribution in [1.29, 1.82) is 0 Å². The number of hydrogen-bond donors (Lipinski definition) is 0. The Morgan fingerprint density at radius 1 is 0.862 bits per heavy atom. The Hall–Kier alpha value is -2.59. The fourth-order valence-electron chi connectivity index (χ4n) is 3.04. The first-order valence-corrected chi connectivity index (χ1v) is 10.2. The number of rotatable bonds is 6. The lowest BCUT2D eigenvalue weighted by Crippen LogP contribution is -2.55. The average Bonchev–Trinajstić information content (AvgIpc) is 2.68. The second-order valence-corrected chi connectivity index (χ2v) is 6.85. The van der Waals surface area contributed by atoms with Crippen LogP contribution in [-0.2, 0) is 22.7 Å². The molecule has 0 atom stereocenters. The number of carbonyl (C=O) groups excluding carboxylic acids is 2. The van der Waals surface area contributed by atoms with E-state index in [9.17, 15) is 19.5 Å². The topological polar surface area (TPSA) is 90.6 Å². The molecule has 1 aromatic rings. The SMILES string of the molecule is CCN1C(=O)C(=CC=Cc2c([O-])n(CC)c(=S)n(CC)c2=O)C(=O)N(CC)C1=S. The zero-order valence-electron chi connectivity index (χ0n) is 16.8. The van der Waals surface area contributed by atoms with Crippen LogP contribution in [0.4, 0.5) is 0 Å². The Morgan fingerprint density at radius 2 is 1.38 bits per heavy atom. The summed E-state index contributed by atoms with van der Waals surface area (Å²) in [6.07, 6.45) is 3.98. The van der Waals surface area contributed by atoms with Gasteiger partial charge >= 0.3 is 0 Å². The number of thiocarbonyl (C=S) groups is 1. The Morgan fingerprint density at radius 3 is 1.83 bits per heavy atom. The second-order valence-electron chi connectivity index (χ2n) is 6.12. The molecule has 156 valence electrons. The standard InChI is InChI=1S/C19H24N4O4S2/c1-5-20-14(24)12(15(25)21(6-2)18(20)28)10-9-11-13-16(26)22(7-3)19(29)23(8-4)17(13)27/h9-11,24H,5-8H2,1-4H3/p-1. The van der Waals surface area contributed by atoms with Gasteiger partial charge in [0.25, 0.3) is 17.4 Å². The molecule has 2 amide bonds. The molecular weight excluding hydrogens is 412 g/mol. The molecule has 0 aromatic carbocycles. The molecule has 0 radical (unpaired) electrons. The van der Waals surface area contributed by atoms with Gasteiger partial charge in [0, 0.05) is 31.7 Å². The van der Waals surface area contributed by atoms with E-state index in [1.807, 2.05) is 0 Å². The van der Waals surface area contributed by atoms with Crippen molar-refractivity contribution in [2.75, 3.05) is 13.1 Å². The van der Waals surface area contributed by atoms with Crippen LogP contribution in [0.25, 0.3) is 6.08 Å². The third-order valence-electron chi connectivity index (χ3n) is 4.62. The van der Waals surface area contributed by atoms with E-state index in [0.717, 1.165) is 0 Å². The number of allylic oxidation sites excluding steroid dienone is 2. The Balaban J connectivity index is 2.54. The molecule has 2 heterocycles. The maximum absolute atomic E-state index is 12.6. The van der Waals surface area contributed by atoms with Crippen LogP contribution in [0.5, 0.6) is 5.88 Å². The van der Waals surface area contributed by atoms with Crippen molar-refractivity contribution in [3.05, 3.63) is 38.4 Å². The zero-order valence-corrected chi connectivity index (χ0v) is 18.4. The molecule has 0 saturated carbocycles. The highest BCUT2D eigenvalue weighted by molar-refractivity contribution is 7.80. The van der Waals surface area contributed by atoms with Gasteiger partial charge in [-0.2, -0.15) is 0 Å². The number of aromatic nitrogens is 2. The van der Waals surface area contributed by atoms with Gasteiger partial charge in [-0.25, -0.2) is 0 Å². The second kappa shape index (κ2) is 9.27. The van der Waals surface area contributed by atoms with Crippen LogP contribution in [0.15, 0.2) is 22.5 Å². The van der Waals surface area contributed by atoms with Gasteiger partial charge in [0.2, 0.25) is 0 Å². The molecule has 0 aliphatic carbocycles. The summed E-state index contributed by atoms with van der Waals surface area (Å²) in [5, 5.41) is 12.8. The summed E-state index contributed by atoms with van der Waals surface area (Å²) < 4.78 is 2.84. The van der Waals surface area contributed by atoms with E-state index in [-0.39, 0.29) is 21.0 Å². The van der Waals surface area contributed by atoms with Crippen LogP contribution >= 0.6 is 24.4 Å². The lowest BCUT2D eigenvalue weighted by Gasteiger charge is -2.35. The van der Waals surface area contributed by atoms with Gasteiger partial charge in [0.05, 0.1) is 0 Å². The molecule has 0 unspecified atom stereocenters. The van der Waals surface area contributed by atoms with Crippen molar-refractivity contribution >= 4 is 47.4 Å². The summed E-state index contributed by atoms with van der Waals surface area (Å²) >= 11 is 10.4. The molecule has 2 rings (SSSR count). The molecule has 1 aliphatic heterocycles. The van der Waals surface area contributed by atoms with Crippen molar-refractivity contribution < 1.29 is 14.7 Å². The molecule has 1 aromatic heterocycles. The normalized spacial score (nSPS) is 15.0. The lowest BCUT2D eigenvalue weighted by atomic mass is 10.1. The van der Waals surface area contributed by atoms with E-state index in [1.165, 1.54) is 37.2 Å². The number of hydrogen-bond acceptors (Lipinski definition) is 6. The molecule has 1 saturated heterocycles. The predicted molar refractivity (Wildman–Crippen MR) is 115 cm³/mol. The molecule has 0 bridgehead atoms. The number of nitrogens with zero attached hydrogens (tertiary/aromatic N) is 4. The van der Waals surface area contributed by atoms with E-state index in [0.29, 0.717) is 26.2 Å². The fourth-order valence-corrected chi connectivity index (χ4v) is 3.89. The van der Waals surface area contributed by atoms with Crippen molar-refractivity contribution in [2.45, 2.75) is 40.8 Å². The van der Waals surface area contributed by atoms with Gasteiger partial charge < -0.3 is 9.67 Å². The molecule has 1 aliphatic rings. The minimum Gasteiger partial charge on any atom is -0.859 e. The summed E-state index contributed by atoms with van der Waals surface area (Å²) in [7, 11) is 0. The summed E-state index contributed by atoms with van der Waals surface area (Å²) in [4.78, 5) is 40.5. The molecule has 0 N–H and O–H groups in total. The van der Waals surface area contributed by atoms with E-state index >= 15 is 0 Å². The number of carbonyl (C=O) groups is 2. The van der Waals surface area contributed by atoms with Gasteiger partial charge in [-0.05, 0) is 70.2 Å². The van der Waals surface area contributed by atoms with Gasteiger partial charge in [0.1, 0.15) is 5.57 Å². The third-order valence-corrected chi connectivity index (χ3v) is 5.50. The first kappa shape index (κ1) is 22.7. The quantitative estimate of drug-likeness (QED) is 0.381. The molecule has 10 heteroatoms. The van der Waals surface area contributed by atoms with E-state index < -0.39 is 23.3 Å². The lowest BCUT2D eigenvalue weighted by molar-refractivity contribution is -0.280. The Labute approximate surface area is 179 Å². The predicted octanol–water partition coefficient (Wildman–Crippen LogP) is 1.43. The van der Waals surface area contributed by atoms with Gasteiger partial charge in [-0.1, -0.05) is 6.08 Å². The monoisotopic (exact) mass is 435 g/mol. The van der Waals surface area contributed by atoms with Crippen molar-refractivity contribution in [2.24, 2.45) is 0 Å².